The Labute approximate surface area is 128 Å². The fourth-order valence-corrected chi connectivity index (χ4v) is 3.39. The molecule has 0 radical (unpaired) electrons. The Balaban J connectivity index is 2.34. The van der Waals surface area contributed by atoms with E-state index in [2.05, 4.69) is 6.92 Å². The highest BCUT2D eigenvalue weighted by molar-refractivity contribution is 5.39. The van der Waals surface area contributed by atoms with Gasteiger partial charge in [-0.3, -0.25) is 0 Å². The fraction of sp³-hybridized carbons (Fsp3) is 0.667. The van der Waals surface area contributed by atoms with Gasteiger partial charge < -0.3 is 14.6 Å². The molecule has 21 heavy (non-hydrogen) atoms. The van der Waals surface area contributed by atoms with Crippen molar-refractivity contribution in [2.45, 2.75) is 58.2 Å². The van der Waals surface area contributed by atoms with Gasteiger partial charge in [-0.05, 0) is 57.6 Å². The number of aliphatic hydroxyl groups excluding tert-OH is 1. The predicted octanol–water partition coefficient (Wildman–Crippen LogP) is 4.02. The Morgan fingerprint density at radius 3 is 2.57 bits per heavy atom. The zero-order valence-electron chi connectivity index (χ0n) is 13.7. The molecule has 0 aliphatic heterocycles. The smallest absolute Gasteiger partial charge is 0.124 e. The first kappa shape index (κ1) is 16.3. The molecule has 0 amide bonds. The third-order valence-corrected chi connectivity index (χ3v) is 4.73. The van der Waals surface area contributed by atoms with E-state index in [1.54, 1.807) is 7.11 Å². The van der Waals surface area contributed by atoms with E-state index in [4.69, 9.17) is 9.47 Å². The Bertz CT molecular complexity index is 462. The van der Waals surface area contributed by atoms with Gasteiger partial charge >= 0.3 is 0 Å². The van der Waals surface area contributed by atoms with Crippen LogP contribution in [0.25, 0.3) is 0 Å². The van der Waals surface area contributed by atoms with Gasteiger partial charge in [0.1, 0.15) is 11.9 Å². The quantitative estimate of drug-likeness (QED) is 0.890. The number of benzene rings is 1. The molecule has 1 unspecified atom stereocenters. The van der Waals surface area contributed by atoms with Gasteiger partial charge in [-0.15, -0.1) is 0 Å². The minimum atomic E-state index is -0.639. The SMILES string of the molecule is CCOC1(C(O)c2cc(C)ccc2OC)CCC(C)CC1. The number of aryl methyl sites for hydroxylation is 1. The highest BCUT2D eigenvalue weighted by Crippen LogP contribution is 2.45. The van der Waals surface area contributed by atoms with E-state index in [1.807, 2.05) is 32.0 Å². The van der Waals surface area contributed by atoms with Crippen LogP contribution in [-0.2, 0) is 4.74 Å². The molecule has 0 spiro atoms. The van der Waals surface area contributed by atoms with Crippen LogP contribution in [-0.4, -0.2) is 24.4 Å². The van der Waals surface area contributed by atoms with Gasteiger partial charge in [0.05, 0.1) is 12.7 Å². The van der Waals surface area contributed by atoms with E-state index in [-0.39, 0.29) is 0 Å². The first-order valence-corrected chi connectivity index (χ1v) is 7.99. The van der Waals surface area contributed by atoms with Crippen LogP contribution in [0.15, 0.2) is 18.2 Å². The van der Waals surface area contributed by atoms with Crippen molar-refractivity contribution in [3.63, 3.8) is 0 Å². The Morgan fingerprint density at radius 1 is 1.33 bits per heavy atom. The molecule has 1 aromatic carbocycles. The molecule has 1 N–H and O–H groups in total. The lowest BCUT2D eigenvalue weighted by molar-refractivity contribution is -0.147. The molecule has 118 valence electrons. The Kier molecular flexibility index (Phi) is 5.28. The van der Waals surface area contributed by atoms with Crippen molar-refractivity contribution in [1.29, 1.82) is 0 Å². The number of rotatable bonds is 5. The lowest BCUT2D eigenvalue weighted by Crippen LogP contribution is -2.43. The highest BCUT2D eigenvalue weighted by Gasteiger charge is 2.43. The van der Waals surface area contributed by atoms with E-state index >= 15 is 0 Å². The monoisotopic (exact) mass is 292 g/mol. The van der Waals surface area contributed by atoms with Crippen LogP contribution < -0.4 is 4.74 Å². The van der Waals surface area contributed by atoms with Crippen LogP contribution in [0.1, 0.15) is 56.8 Å². The van der Waals surface area contributed by atoms with Crippen molar-refractivity contribution in [1.82, 2.24) is 0 Å². The van der Waals surface area contributed by atoms with Crippen molar-refractivity contribution in [2.75, 3.05) is 13.7 Å². The summed E-state index contributed by atoms with van der Waals surface area (Å²) in [6.07, 6.45) is 3.37. The van der Waals surface area contributed by atoms with Gasteiger partial charge in [0.25, 0.3) is 0 Å². The normalized spacial score (nSPS) is 27.4. The number of methoxy groups -OCH3 is 1. The van der Waals surface area contributed by atoms with Crippen molar-refractivity contribution >= 4 is 0 Å². The largest absolute Gasteiger partial charge is 0.496 e. The highest BCUT2D eigenvalue weighted by atomic mass is 16.5. The minimum Gasteiger partial charge on any atom is -0.496 e. The molecule has 1 aliphatic rings. The van der Waals surface area contributed by atoms with Gasteiger partial charge in [0.15, 0.2) is 0 Å². The summed E-state index contributed by atoms with van der Waals surface area (Å²) in [5.74, 6) is 1.45. The summed E-state index contributed by atoms with van der Waals surface area (Å²) in [6, 6.07) is 5.95. The maximum atomic E-state index is 11.0. The summed E-state index contributed by atoms with van der Waals surface area (Å²) < 4.78 is 11.5. The molecule has 0 saturated heterocycles. The number of hydrogen-bond acceptors (Lipinski definition) is 3. The second-order valence-electron chi connectivity index (χ2n) is 6.33. The van der Waals surface area contributed by atoms with Crippen LogP contribution in [0.5, 0.6) is 5.75 Å². The number of hydrogen-bond donors (Lipinski definition) is 1. The molecule has 1 aromatic rings. The first-order valence-electron chi connectivity index (χ1n) is 7.99. The minimum absolute atomic E-state index is 0.470. The van der Waals surface area contributed by atoms with E-state index in [0.717, 1.165) is 42.6 Å². The summed E-state index contributed by atoms with van der Waals surface area (Å²) in [5.41, 5.74) is 1.50. The molecule has 1 atom stereocenters. The molecule has 1 fully saturated rings. The van der Waals surface area contributed by atoms with Crippen LogP contribution >= 0.6 is 0 Å². The average Bonchev–Trinajstić information content (AvgIpc) is 2.49. The van der Waals surface area contributed by atoms with Crippen LogP contribution in [0.2, 0.25) is 0 Å². The maximum Gasteiger partial charge on any atom is 0.124 e. The lowest BCUT2D eigenvalue weighted by atomic mass is 9.74. The zero-order valence-corrected chi connectivity index (χ0v) is 13.7. The van der Waals surface area contributed by atoms with E-state index in [1.165, 1.54) is 0 Å². The molecule has 3 nitrogen and oxygen atoms in total. The van der Waals surface area contributed by atoms with E-state index in [9.17, 15) is 5.11 Å². The topological polar surface area (TPSA) is 38.7 Å². The van der Waals surface area contributed by atoms with Crippen LogP contribution in [0.3, 0.4) is 0 Å². The standard InChI is InChI=1S/C18H28O3/c1-5-21-18(10-8-13(2)9-11-18)17(19)15-12-14(3)6-7-16(15)20-4/h6-7,12-13,17,19H,5,8-11H2,1-4H3. The number of ether oxygens (including phenoxy) is 2. The predicted molar refractivity (Wildman–Crippen MR) is 84.7 cm³/mol. The summed E-state index contributed by atoms with van der Waals surface area (Å²) in [7, 11) is 1.65. The van der Waals surface area contributed by atoms with Gasteiger partial charge in [0.2, 0.25) is 0 Å². The third-order valence-electron chi connectivity index (χ3n) is 4.73. The maximum absolute atomic E-state index is 11.0. The van der Waals surface area contributed by atoms with Gasteiger partial charge in [0, 0.05) is 12.2 Å². The van der Waals surface area contributed by atoms with Gasteiger partial charge in [-0.2, -0.15) is 0 Å². The summed E-state index contributed by atoms with van der Waals surface area (Å²) in [4.78, 5) is 0. The van der Waals surface area contributed by atoms with Crippen LogP contribution in [0.4, 0.5) is 0 Å². The van der Waals surface area contributed by atoms with Gasteiger partial charge in [-0.25, -0.2) is 0 Å². The molecule has 0 aromatic heterocycles. The summed E-state index contributed by atoms with van der Waals surface area (Å²) >= 11 is 0. The molecular weight excluding hydrogens is 264 g/mol. The zero-order chi connectivity index (χ0) is 15.5. The Hall–Kier alpha value is -1.06. The first-order chi connectivity index (χ1) is 10.0. The van der Waals surface area contributed by atoms with E-state index < -0.39 is 11.7 Å². The van der Waals surface area contributed by atoms with Gasteiger partial charge in [-0.1, -0.05) is 18.6 Å². The molecule has 1 saturated carbocycles. The number of aliphatic hydroxyl groups is 1. The average molecular weight is 292 g/mol. The fourth-order valence-electron chi connectivity index (χ4n) is 3.39. The molecule has 0 heterocycles. The summed E-state index contributed by atoms with van der Waals surface area (Å²) in [6.45, 7) is 6.93. The second-order valence-corrected chi connectivity index (χ2v) is 6.33. The molecule has 1 aliphatic carbocycles. The van der Waals surface area contributed by atoms with Crippen LogP contribution in [0, 0.1) is 12.8 Å². The lowest BCUT2D eigenvalue weighted by Gasteiger charge is -2.43. The third kappa shape index (κ3) is 3.41. The summed E-state index contributed by atoms with van der Waals surface area (Å²) in [5, 5.41) is 11.0. The molecule has 3 heteroatoms. The van der Waals surface area contributed by atoms with Crippen molar-refractivity contribution < 1.29 is 14.6 Å². The van der Waals surface area contributed by atoms with Crippen molar-refractivity contribution in [3.8, 4) is 5.75 Å². The molecule has 0 bridgehead atoms. The van der Waals surface area contributed by atoms with Crippen molar-refractivity contribution in [3.05, 3.63) is 29.3 Å². The second kappa shape index (κ2) is 6.80. The van der Waals surface area contributed by atoms with Crippen molar-refractivity contribution in [2.24, 2.45) is 5.92 Å². The molecular formula is C18H28O3. The Morgan fingerprint density at radius 2 is 2.00 bits per heavy atom. The van der Waals surface area contributed by atoms with E-state index in [0.29, 0.717) is 12.5 Å². The molecule has 2 rings (SSSR count).